The van der Waals surface area contributed by atoms with E-state index in [0.29, 0.717) is 10.0 Å². The van der Waals surface area contributed by atoms with E-state index in [-0.39, 0.29) is 0 Å². The minimum Gasteiger partial charge on any atom is -0.358 e. The van der Waals surface area contributed by atoms with Crippen LogP contribution in [0.25, 0.3) is 10.9 Å². The predicted octanol–water partition coefficient (Wildman–Crippen LogP) is 4.29. The molecule has 1 aromatic carbocycles. The monoisotopic (exact) mass is 296 g/mol. The van der Waals surface area contributed by atoms with Crippen LogP contribution in [0.5, 0.6) is 0 Å². The molecule has 2 nitrogen and oxygen atoms in total. The van der Waals surface area contributed by atoms with E-state index < -0.39 is 0 Å². The minimum atomic E-state index is 0.624. The zero-order valence-corrected chi connectivity index (χ0v) is 12.6. The van der Waals surface area contributed by atoms with Crippen molar-refractivity contribution in [2.75, 3.05) is 19.6 Å². The molecule has 0 saturated heterocycles. The Morgan fingerprint density at radius 2 is 1.95 bits per heavy atom. The normalized spacial score (nSPS) is 17.2. The van der Waals surface area contributed by atoms with Gasteiger partial charge in [-0.05, 0) is 50.0 Å². The van der Waals surface area contributed by atoms with Crippen molar-refractivity contribution in [3.63, 3.8) is 0 Å². The highest BCUT2D eigenvalue weighted by atomic mass is 35.5. The van der Waals surface area contributed by atoms with Crippen molar-refractivity contribution < 1.29 is 0 Å². The van der Waals surface area contributed by atoms with Crippen LogP contribution in [0.2, 0.25) is 10.0 Å². The van der Waals surface area contributed by atoms with Crippen LogP contribution in [0.3, 0.4) is 0 Å². The van der Waals surface area contributed by atoms with Crippen molar-refractivity contribution in [3.8, 4) is 0 Å². The van der Waals surface area contributed by atoms with Crippen LogP contribution in [-0.4, -0.2) is 29.5 Å². The number of H-pyrrole nitrogens is 1. The first kappa shape index (κ1) is 13.3. The highest BCUT2D eigenvalue weighted by Crippen LogP contribution is 2.32. The lowest BCUT2D eigenvalue weighted by Crippen LogP contribution is -2.29. The van der Waals surface area contributed by atoms with Crippen LogP contribution in [0.4, 0.5) is 0 Å². The first-order valence-electron chi connectivity index (χ1n) is 6.90. The highest BCUT2D eigenvalue weighted by Gasteiger charge is 2.17. The molecule has 19 heavy (non-hydrogen) atoms. The summed E-state index contributed by atoms with van der Waals surface area (Å²) in [5, 5.41) is 2.51. The lowest BCUT2D eigenvalue weighted by molar-refractivity contribution is 0.283. The van der Waals surface area contributed by atoms with Crippen molar-refractivity contribution in [2.24, 2.45) is 0 Å². The first-order valence-corrected chi connectivity index (χ1v) is 7.65. The number of aryl methyl sites for hydroxylation is 1. The summed E-state index contributed by atoms with van der Waals surface area (Å²) in [6.07, 6.45) is 3.39. The number of fused-ring (bicyclic) bond motifs is 3. The molecule has 2 heterocycles. The average molecular weight is 297 g/mol. The van der Waals surface area contributed by atoms with Crippen LogP contribution >= 0.6 is 23.2 Å². The number of rotatable bonds is 1. The highest BCUT2D eigenvalue weighted by molar-refractivity contribution is 6.42. The molecule has 4 heteroatoms. The van der Waals surface area contributed by atoms with Gasteiger partial charge in [-0.1, -0.05) is 30.1 Å². The molecule has 3 rings (SSSR count). The molecule has 1 aliphatic heterocycles. The molecule has 0 atom stereocenters. The zero-order valence-electron chi connectivity index (χ0n) is 11.1. The van der Waals surface area contributed by atoms with Gasteiger partial charge in [0.25, 0.3) is 0 Å². The summed E-state index contributed by atoms with van der Waals surface area (Å²) in [5.41, 5.74) is 3.90. The van der Waals surface area contributed by atoms with Gasteiger partial charge in [0.05, 0.1) is 10.0 Å². The smallest absolute Gasteiger partial charge is 0.0613 e. The summed E-state index contributed by atoms with van der Waals surface area (Å²) < 4.78 is 0. The number of halogens is 2. The Labute approximate surface area is 123 Å². The van der Waals surface area contributed by atoms with Crippen LogP contribution in [0.15, 0.2) is 12.1 Å². The van der Waals surface area contributed by atoms with Crippen molar-refractivity contribution >= 4 is 34.1 Å². The van der Waals surface area contributed by atoms with E-state index in [1.165, 1.54) is 29.6 Å². The van der Waals surface area contributed by atoms with Crippen molar-refractivity contribution in [2.45, 2.75) is 26.2 Å². The van der Waals surface area contributed by atoms with E-state index in [1.807, 2.05) is 12.1 Å². The van der Waals surface area contributed by atoms with Crippen LogP contribution < -0.4 is 0 Å². The topological polar surface area (TPSA) is 19.0 Å². The number of nitrogens with one attached hydrogen (secondary N) is 1. The van der Waals surface area contributed by atoms with E-state index in [4.69, 9.17) is 23.2 Å². The predicted molar refractivity (Wildman–Crippen MR) is 82.5 cm³/mol. The fourth-order valence-electron chi connectivity index (χ4n) is 2.98. The SMILES string of the molecule is CCN1CCCc2[nH]c3cc(Cl)c(Cl)cc3c2CC1. The summed E-state index contributed by atoms with van der Waals surface area (Å²) in [6.45, 7) is 5.67. The third kappa shape index (κ3) is 2.49. The average Bonchev–Trinajstić information content (AvgIpc) is 2.67. The molecule has 0 unspecified atom stereocenters. The molecular formula is C15H18Cl2N2. The second-order valence-electron chi connectivity index (χ2n) is 5.18. The fraction of sp³-hybridized carbons (Fsp3) is 0.467. The van der Waals surface area contributed by atoms with Crippen LogP contribution in [-0.2, 0) is 12.8 Å². The Morgan fingerprint density at radius 1 is 1.16 bits per heavy atom. The van der Waals surface area contributed by atoms with E-state index in [2.05, 4.69) is 16.8 Å². The Morgan fingerprint density at radius 3 is 2.74 bits per heavy atom. The number of nitrogens with zero attached hydrogens (tertiary/aromatic N) is 1. The molecule has 0 spiro atoms. The van der Waals surface area contributed by atoms with E-state index in [1.54, 1.807) is 0 Å². The number of benzene rings is 1. The van der Waals surface area contributed by atoms with Gasteiger partial charge in [-0.25, -0.2) is 0 Å². The molecule has 1 N–H and O–H groups in total. The van der Waals surface area contributed by atoms with Crippen molar-refractivity contribution in [1.82, 2.24) is 9.88 Å². The van der Waals surface area contributed by atoms with Crippen molar-refractivity contribution in [3.05, 3.63) is 33.4 Å². The molecular weight excluding hydrogens is 279 g/mol. The Hall–Kier alpha value is -0.700. The van der Waals surface area contributed by atoms with E-state index in [9.17, 15) is 0 Å². The van der Waals surface area contributed by atoms with Gasteiger partial charge in [0.2, 0.25) is 0 Å². The standard InChI is InChI=1S/C15H18Cl2N2/c1-2-19-6-3-4-14-10(5-7-19)11-8-12(16)13(17)9-15(11)18-14/h8-9,18H,2-7H2,1H3. The molecule has 0 fully saturated rings. The minimum absolute atomic E-state index is 0.624. The Kier molecular flexibility index (Phi) is 3.75. The Balaban J connectivity index is 2.06. The van der Waals surface area contributed by atoms with Crippen LogP contribution in [0.1, 0.15) is 24.6 Å². The maximum absolute atomic E-state index is 6.16. The zero-order chi connectivity index (χ0) is 13.4. The Bertz CT molecular complexity index is 604. The van der Waals surface area contributed by atoms with Crippen LogP contribution in [0, 0.1) is 0 Å². The van der Waals surface area contributed by atoms with E-state index >= 15 is 0 Å². The summed E-state index contributed by atoms with van der Waals surface area (Å²) in [4.78, 5) is 6.04. The summed E-state index contributed by atoms with van der Waals surface area (Å²) >= 11 is 12.3. The van der Waals surface area contributed by atoms with E-state index in [0.717, 1.165) is 31.4 Å². The maximum Gasteiger partial charge on any atom is 0.0613 e. The molecule has 102 valence electrons. The molecule has 0 saturated carbocycles. The van der Waals surface area contributed by atoms with Gasteiger partial charge in [-0.2, -0.15) is 0 Å². The molecule has 0 bridgehead atoms. The summed E-state index contributed by atoms with van der Waals surface area (Å²) in [6, 6.07) is 3.95. The number of aromatic amines is 1. The third-order valence-corrected chi connectivity index (χ3v) is 4.78. The van der Waals surface area contributed by atoms with Gasteiger partial charge in [0, 0.05) is 23.1 Å². The van der Waals surface area contributed by atoms with Gasteiger partial charge in [0.1, 0.15) is 0 Å². The fourth-order valence-corrected chi connectivity index (χ4v) is 3.30. The third-order valence-electron chi connectivity index (χ3n) is 4.06. The molecule has 0 aliphatic carbocycles. The van der Waals surface area contributed by atoms with Gasteiger partial charge in [-0.15, -0.1) is 0 Å². The lowest BCUT2D eigenvalue weighted by Gasteiger charge is -2.22. The van der Waals surface area contributed by atoms with Gasteiger partial charge in [-0.3, -0.25) is 0 Å². The molecule has 1 aliphatic rings. The number of hydrogen-bond acceptors (Lipinski definition) is 1. The molecule has 1 aromatic heterocycles. The van der Waals surface area contributed by atoms with Crippen molar-refractivity contribution in [1.29, 1.82) is 0 Å². The maximum atomic E-state index is 6.16. The molecule has 0 radical (unpaired) electrons. The summed E-state index contributed by atoms with van der Waals surface area (Å²) in [7, 11) is 0. The number of aromatic nitrogens is 1. The van der Waals surface area contributed by atoms with Gasteiger partial charge in [0.15, 0.2) is 0 Å². The summed E-state index contributed by atoms with van der Waals surface area (Å²) in [5.74, 6) is 0. The number of hydrogen-bond donors (Lipinski definition) is 1. The number of likely N-dealkylation sites (N-methyl/N-ethyl adjacent to an activating group) is 1. The lowest BCUT2D eigenvalue weighted by atomic mass is 10.0. The molecule has 0 amide bonds. The van der Waals surface area contributed by atoms with Gasteiger partial charge < -0.3 is 9.88 Å². The molecule has 2 aromatic rings. The second kappa shape index (κ2) is 5.35. The quantitative estimate of drug-likeness (QED) is 0.832. The first-order chi connectivity index (χ1) is 9.19. The largest absolute Gasteiger partial charge is 0.358 e. The van der Waals surface area contributed by atoms with Gasteiger partial charge >= 0.3 is 0 Å². The second-order valence-corrected chi connectivity index (χ2v) is 6.00.